The monoisotopic (exact) mass is 214 g/mol. The maximum Gasteiger partial charge on any atom is 0.0456 e. The van der Waals surface area contributed by atoms with Crippen molar-refractivity contribution in [3.8, 4) is 0 Å². The molecule has 0 radical (unpaired) electrons. The highest BCUT2D eigenvalue weighted by atomic mass is 15.3. The molecule has 1 aromatic heterocycles. The Hall–Kier alpha value is -1.28. The molecule has 0 bridgehead atoms. The molecule has 1 N–H and O–H groups in total. The van der Waals surface area contributed by atoms with E-state index in [0.29, 0.717) is 0 Å². The molecule has 2 nitrogen and oxygen atoms in total. The molecular weight excluding hydrogens is 196 g/mol. The van der Waals surface area contributed by atoms with Crippen LogP contribution in [0.1, 0.15) is 18.9 Å². The van der Waals surface area contributed by atoms with Crippen LogP contribution in [0.2, 0.25) is 0 Å². The second-order valence-corrected chi connectivity index (χ2v) is 4.81. The molecule has 2 heterocycles. The number of aryl methyl sites for hydroxylation is 1. The fraction of sp³-hybridized carbons (Fsp3) is 0.429. The fourth-order valence-corrected chi connectivity index (χ4v) is 2.41. The largest absolute Gasteiger partial charge is 0.361 e. The van der Waals surface area contributed by atoms with Gasteiger partial charge in [-0.15, -0.1) is 0 Å². The summed E-state index contributed by atoms with van der Waals surface area (Å²) in [7, 11) is 0. The first kappa shape index (κ1) is 9.91. The third-order valence-corrected chi connectivity index (χ3v) is 3.55. The lowest BCUT2D eigenvalue weighted by molar-refractivity contribution is 0.501. The molecule has 0 saturated carbocycles. The molecule has 2 atom stereocenters. The van der Waals surface area contributed by atoms with Crippen molar-refractivity contribution < 1.29 is 0 Å². The van der Waals surface area contributed by atoms with E-state index in [1.165, 1.54) is 42.4 Å². The Bertz CT molecular complexity index is 486. The molecule has 16 heavy (non-hydrogen) atoms. The van der Waals surface area contributed by atoms with Gasteiger partial charge in [0.1, 0.15) is 0 Å². The summed E-state index contributed by atoms with van der Waals surface area (Å²) in [5.41, 5.74) is 2.72. The minimum Gasteiger partial charge on any atom is -0.361 e. The molecule has 1 aliphatic heterocycles. The lowest BCUT2D eigenvalue weighted by Gasteiger charge is -2.01. The van der Waals surface area contributed by atoms with Gasteiger partial charge in [-0.25, -0.2) is 0 Å². The molecule has 1 aromatic carbocycles. The minimum absolute atomic E-state index is 0.836. The number of hydrogen-bond acceptors (Lipinski definition) is 1. The van der Waals surface area contributed by atoms with Gasteiger partial charge in [0, 0.05) is 29.7 Å². The summed E-state index contributed by atoms with van der Waals surface area (Å²) in [5, 5.41) is 1.39. The van der Waals surface area contributed by atoms with Crippen LogP contribution in [0.15, 0.2) is 30.5 Å². The third kappa shape index (κ3) is 1.85. The normalized spacial score (nSPS) is 23.8. The number of aromatic nitrogens is 1. The van der Waals surface area contributed by atoms with E-state index in [9.17, 15) is 0 Å². The van der Waals surface area contributed by atoms with E-state index in [4.69, 9.17) is 0 Å². The summed E-state index contributed by atoms with van der Waals surface area (Å²) in [6.07, 6.45) is 4.62. The Morgan fingerprint density at radius 1 is 1.38 bits per heavy atom. The van der Waals surface area contributed by atoms with Crippen LogP contribution < -0.4 is 0 Å². The predicted octanol–water partition coefficient (Wildman–Crippen LogP) is 2.80. The van der Waals surface area contributed by atoms with Gasteiger partial charge in [-0.3, -0.25) is 4.90 Å². The van der Waals surface area contributed by atoms with Gasteiger partial charge in [-0.2, -0.15) is 0 Å². The molecule has 2 unspecified atom stereocenters. The average molecular weight is 214 g/mol. The highest BCUT2D eigenvalue weighted by Gasteiger charge is 2.27. The first-order valence-corrected chi connectivity index (χ1v) is 6.13. The first-order chi connectivity index (χ1) is 7.84. The Morgan fingerprint density at radius 3 is 3.00 bits per heavy atom. The van der Waals surface area contributed by atoms with Crippen molar-refractivity contribution in [1.29, 1.82) is 0 Å². The number of nitrogens with one attached hydrogen (secondary N) is 1. The maximum absolute atomic E-state index is 3.34. The van der Waals surface area contributed by atoms with Gasteiger partial charge in [0.2, 0.25) is 0 Å². The van der Waals surface area contributed by atoms with E-state index in [2.05, 4.69) is 47.3 Å². The number of aromatic amines is 1. The Morgan fingerprint density at radius 2 is 2.19 bits per heavy atom. The van der Waals surface area contributed by atoms with Gasteiger partial charge in [0.25, 0.3) is 0 Å². The molecule has 84 valence electrons. The Kier molecular flexibility index (Phi) is 2.44. The van der Waals surface area contributed by atoms with E-state index in [1.807, 2.05) is 0 Å². The molecule has 2 aromatic rings. The number of nitrogens with zero attached hydrogens (tertiary/aromatic N) is 1. The van der Waals surface area contributed by atoms with Crippen molar-refractivity contribution in [2.24, 2.45) is 0 Å². The summed E-state index contributed by atoms with van der Waals surface area (Å²) in [4.78, 5) is 5.86. The summed E-state index contributed by atoms with van der Waals surface area (Å²) in [6, 6.07) is 9.39. The van der Waals surface area contributed by atoms with Crippen LogP contribution in [0.25, 0.3) is 10.9 Å². The van der Waals surface area contributed by atoms with Crippen molar-refractivity contribution in [1.82, 2.24) is 9.88 Å². The van der Waals surface area contributed by atoms with Gasteiger partial charge in [0.15, 0.2) is 0 Å². The second-order valence-electron chi connectivity index (χ2n) is 4.81. The SMILES string of the molecule is CC1CN1CCCc1c[nH]c2ccccc12. The zero-order chi connectivity index (χ0) is 11.0. The predicted molar refractivity (Wildman–Crippen MR) is 67.7 cm³/mol. The average Bonchev–Trinajstić information content (AvgIpc) is 2.86. The van der Waals surface area contributed by atoms with Crippen molar-refractivity contribution in [3.05, 3.63) is 36.0 Å². The van der Waals surface area contributed by atoms with Crippen LogP contribution in [0.3, 0.4) is 0 Å². The quantitative estimate of drug-likeness (QED) is 0.775. The van der Waals surface area contributed by atoms with Crippen molar-refractivity contribution in [2.45, 2.75) is 25.8 Å². The molecule has 2 heteroatoms. The van der Waals surface area contributed by atoms with Gasteiger partial charge >= 0.3 is 0 Å². The number of H-pyrrole nitrogens is 1. The van der Waals surface area contributed by atoms with Crippen LogP contribution >= 0.6 is 0 Å². The van der Waals surface area contributed by atoms with Gasteiger partial charge in [-0.1, -0.05) is 18.2 Å². The summed E-state index contributed by atoms with van der Waals surface area (Å²) >= 11 is 0. The van der Waals surface area contributed by atoms with Crippen LogP contribution in [-0.2, 0) is 6.42 Å². The lowest BCUT2D eigenvalue weighted by Crippen LogP contribution is -2.03. The number of para-hydroxylation sites is 1. The molecule has 1 aliphatic rings. The number of hydrogen-bond donors (Lipinski definition) is 1. The van der Waals surface area contributed by atoms with Crippen LogP contribution in [0.4, 0.5) is 0 Å². The molecule has 3 rings (SSSR count). The van der Waals surface area contributed by atoms with E-state index in [-0.39, 0.29) is 0 Å². The molecule has 0 spiro atoms. The number of fused-ring (bicyclic) bond motifs is 1. The maximum atomic E-state index is 3.34. The summed E-state index contributed by atoms with van der Waals surface area (Å²) in [6.45, 7) is 4.85. The molecular formula is C14H18N2. The standard InChI is InChI=1S/C14H18N2/c1-11-10-16(11)8-4-5-12-9-15-14-7-3-2-6-13(12)14/h2-3,6-7,9,11,15H,4-5,8,10H2,1H3. The fourth-order valence-electron chi connectivity index (χ4n) is 2.41. The second kappa shape index (κ2) is 3.95. The van der Waals surface area contributed by atoms with Crippen LogP contribution in [0.5, 0.6) is 0 Å². The van der Waals surface area contributed by atoms with Gasteiger partial charge in [-0.05, 0) is 37.9 Å². The highest BCUT2D eigenvalue weighted by molar-refractivity contribution is 5.82. The molecule has 1 saturated heterocycles. The lowest BCUT2D eigenvalue weighted by atomic mass is 10.1. The topological polar surface area (TPSA) is 18.8 Å². The summed E-state index contributed by atoms with van der Waals surface area (Å²) in [5.74, 6) is 0. The van der Waals surface area contributed by atoms with Crippen molar-refractivity contribution in [3.63, 3.8) is 0 Å². The Balaban J connectivity index is 1.65. The zero-order valence-corrected chi connectivity index (χ0v) is 9.74. The highest BCUT2D eigenvalue weighted by Crippen LogP contribution is 2.21. The van der Waals surface area contributed by atoms with Crippen LogP contribution in [0, 0.1) is 0 Å². The molecule has 0 aliphatic carbocycles. The van der Waals surface area contributed by atoms with Gasteiger partial charge in [0.05, 0.1) is 0 Å². The molecule has 0 amide bonds. The van der Waals surface area contributed by atoms with E-state index in [1.54, 1.807) is 0 Å². The van der Waals surface area contributed by atoms with E-state index in [0.717, 1.165) is 6.04 Å². The summed E-state index contributed by atoms with van der Waals surface area (Å²) < 4.78 is 0. The molecule has 1 fully saturated rings. The first-order valence-electron chi connectivity index (χ1n) is 6.13. The zero-order valence-electron chi connectivity index (χ0n) is 9.74. The van der Waals surface area contributed by atoms with Crippen molar-refractivity contribution in [2.75, 3.05) is 13.1 Å². The van der Waals surface area contributed by atoms with Crippen LogP contribution in [-0.4, -0.2) is 29.0 Å². The van der Waals surface area contributed by atoms with E-state index < -0.39 is 0 Å². The van der Waals surface area contributed by atoms with Crippen molar-refractivity contribution >= 4 is 10.9 Å². The Labute approximate surface area is 96.3 Å². The third-order valence-electron chi connectivity index (χ3n) is 3.55. The smallest absolute Gasteiger partial charge is 0.0456 e. The number of benzene rings is 1. The van der Waals surface area contributed by atoms with Gasteiger partial charge < -0.3 is 4.98 Å². The minimum atomic E-state index is 0.836. The van der Waals surface area contributed by atoms with E-state index >= 15 is 0 Å². The number of rotatable bonds is 4.